The summed E-state index contributed by atoms with van der Waals surface area (Å²) in [7, 11) is 0. The summed E-state index contributed by atoms with van der Waals surface area (Å²) in [5.41, 5.74) is 1.83. The maximum absolute atomic E-state index is 2.24. The van der Waals surface area contributed by atoms with Gasteiger partial charge in [-0.05, 0) is 17.8 Å². The Hall–Kier alpha value is -0.780. The molecule has 0 amide bonds. The Morgan fingerprint density at radius 2 is 1.27 bits per heavy atom. The zero-order valence-corrected chi connectivity index (χ0v) is 11.4. The van der Waals surface area contributed by atoms with Gasteiger partial charge in [0.1, 0.15) is 0 Å². The summed E-state index contributed by atoms with van der Waals surface area (Å²) in [6.45, 7) is 15.4. The summed E-state index contributed by atoms with van der Waals surface area (Å²) in [6.07, 6.45) is 11.0. The summed E-state index contributed by atoms with van der Waals surface area (Å²) in [6, 6.07) is 0. The first-order valence-electron chi connectivity index (χ1n) is 5.65. The standard InChI is InChI=1S/C15H26/c1-13(10-12-15(5,6)7)9-8-11-14(2,3)4/h8-12H,1-7H3/b11-8?,12-10+,13-9?. The third kappa shape index (κ3) is 11.1. The molecule has 0 rings (SSSR count). The average molecular weight is 206 g/mol. The summed E-state index contributed by atoms with van der Waals surface area (Å²) in [5.74, 6) is 0. The second-order valence-corrected chi connectivity index (χ2v) is 6.34. The van der Waals surface area contributed by atoms with Gasteiger partial charge in [-0.1, -0.05) is 77.5 Å². The Morgan fingerprint density at radius 3 is 1.67 bits per heavy atom. The van der Waals surface area contributed by atoms with Gasteiger partial charge < -0.3 is 0 Å². The maximum atomic E-state index is 2.24. The molecule has 0 heterocycles. The molecular weight excluding hydrogens is 180 g/mol. The maximum Gasteiger partial charge on any atom is -0.0200 e. The Labute approximate surface area is 95.8 Å². The predicted octanol–water partition coefficient (Wildman–Crippen LogP) is 5.14. The molecule has 0 aliphatic carbocycles. The van der Waals surface area contributed by atoms with Crippen molar-refractivity contribution >= 4 is 0 Å². The molecule has 0 unspecified atom stereocenters. The summed E-state index contributed by atoms with van der Waals surface area (Å²) in [5, 5.41) is 0. The number of allylic oxidation sites excluding steroid dienone is 6. The summed E-state index contributed by atoms with van der Waals surface area (Å²) < 4.78 is 0. The normalized spacial score (nSPS) is 15.5. The van der Waals surface area contributed by atoms with Crippen molar-refractivity contribution in [2.75, 3.05) is 0 Å². The molecule has 0 spiro atoms. The van der Waals surface area contributed by atoms with Gasteiger partial charge in [0.15, 0.2) is 0 Å². The van der Waals surface area contributed by atoms with Crippen LogP contribution in [-0.2, 0) is 0 Å². The fourth-order valence-corrected chi connectivity index (χ4v) is 0.926. The van der Waals surface area contributed by atoms with Gasteiger partial charge in [0.05, 0.1) is 0 Å². The van der Waals surface area contributed by atoms with E-state index < -0.39 is 0 Å². The lowest BCUT2D eigenvalue weighted by atomic mass is 9.95. The molecule has 0 aromatic heterocycles. The van der Waals surface area contributed by atoms with Gasteiger partial charge in [0.2, 0.25) is 0 Å². The van der Waals surface area contributed by atoms with Crippen molar-refractivity contribution in [1.82, 2.24) is 0 Å². The molecular formula is C15H26. The molecule has 15 heavy (non-hydrogen) atoms. The van der Waals surface area contributed by atoms with Crippen molar-refractivity contribution in [3.8, 4) is 0 Å². The fraction of sp³-hybridized carbons (Fsp3) is 0.600. The molecule has 0 aromatic carbocycles. The minimum Gasteiger partial charge on any atom is -0.0791 e. The Kier molecular flexibility index (Phi) is 5.07. The number of hydrogen-bond acceptors (Lipinski definition) is 0. The molecule has 0 nitrogen and oxygen atoms in total. The molecule has 0 bridgehead atoms. The molecule has 0 aliphatic rings. The lowest BCUT2D eigenvalue weighted by Crippen LogP contribution is -1.98. The van der Waals surface area contributed by atoms with Crippen LogP contribution in [0.4, 0.5) is 0 Å². The van der Waals surface area contributed by atoms with E-state index in [4.69, 9.17) is 0 Å². The minimum atomic E-state index is 0.267. The van der Waals surface area contributed by atoms with Crippen molar-refractivity contribution in [3.63, 3.8) is 0 Å². The van der Waals surface area contributed by atoms with E-state index in [-0.39, 0.29) is 10.8 Å². The predicted molar refractivity (Wildman–Crippen MR) is 70.9 cm³/mol. The average Bonchev–Trinajstić information content (AvgIpc) is 1.97. The van der Waals surface area contributed by atoms with E-state index >= 15 is 0 Å². The van der Waals surface area contributed by atoms with E-state index in [2.05, 4.69) is 78.8 Å². The van der Waals surface area contributed by atoms with Crippen molar-refractivity contribution in [3.05, 3.63) is 36.0 Å². The SMILES string of the molecule is CC(=CC=CC(C)(C)C)/C=C/C(C)(C)C. The largest absolute Gasteiger partial charge is 0.0791 e. The lowest BCUT2D eigenvalue weighted by Gasteiger charge is -2.11. The van der Waals surface area contributed by atoms with Gasteiger partial charge in [0.25, 0.3) is 0 Å². The molecule has 0 atom stereocenters. The minimum absolute atomic E-state index is 0.267. The summed E-state index contributed by atoms with van der Waals surface area (Å²) in [4.78, 5) is 0. The highest BCUT2D eigenvalue weighted by molar-refractivity contribution is 5.23. The molecule has 0 N–H and O–H groups in total. The Bertz CT molecular complexity index is 261. The van der Waals surface area contributed by atoms with Crippen molar-refractivity contribution in [1.29, 1.82) is 0 Å². The van der Waals surface area contributed by atoms with E-state index in [0.29, 0.717) is 0 Å². The van der Waals surface area contributed by atoms with Crippen molar-refractivity contribution in [2.24, 2.45) is 10.8 Å². The first-order valence-corrected chi connectivity index (χ1v) is 5.65. The van der Waals surface area contributed by atoms with Crippen LogP contribution >= 0.6 is 0 Å². The van der Waals surface area contributed by atoms with E-state index in [0.717, 1.165) is 0 Å². The van der Waals surface area contributed by atoms with Gasteiger partial charge >= 0.3 is 0 Å². The lowest BCUT2D eigenvalue weighted by molar-refractivity contribution is 0.543. The Morgan fingerprint density at radius 1 is 0.800 bits per heavy atom. The summed E-state index contributed by atoms with van der Waals surface area (Å²) >= 11 is 0. The number of rotatable bonds is 2. The first-order chi connectivity index (χ1) is 6.60. The van der Waals surface area contributed by atoms with Crippen LogP contribution in [0.5, 0.6) is 0 Å². The zero-order chi connectivity index (χ0) is 12.1. The highest BCUT2D eigenvalue weighted by Gasteiger charge is 2.03. The highest BCUT2D eigenvalue weighted by atomic mass is 14.1. The number of hydrogen-bond donors (Lipinski definition) is 0. The van der Waals surface area contributed by atoms with Gasteiger partial charge in [-0.25, -0.2) is 0 Å². The third-order valence-electron chi connectivity index (χ3n) is 1.80. The Balaban J connectivity index is 4.35. The van der Waals surface area contributed by atoms with E-state index in [1.807, 2.05) is 0 Å². The van der Waals surface area contributed by atoms with Crippen LogP contribution in [0.25, 0.3) is 0 Å². The van der Waals surface area contributed by atoms with Gasteiger partial charge in [-0.3, -0.25) is 0 Å². The molecule has 0 heteroatoms. The van der Waals surface area contributed by atoms with Gasteiger partial charge in [-0.15, -0.1) is 0 Å². The second kappa shape index (κ2) is 5.34. The van der Waals surface area contributed by atoms with Crippen molar-refractivity contribution < 1.29 is 0 Å². The third-order valence-corrected chi connectivity index (χ3v) is 1.80. The van der Waals surface area contributed by atoms with Crippen LogP contribution in [0.2, 0.25) is 0 Å². The molecule has 0 saturated carbocycles. The molecule has 0 saturated heterocycles. The van der Waals surface area contributed by atoms with Crippen LogP contribution in [0.15, 0.2) is 36.0 Å². The van der Waals surface area contributed by atoms with E-state index in [1.54, 1.807) is 0 Å². The smallest absolute Gasteiger partial charge is 0.0200 e. The van der Waals surface area contributed by atoms with Crippen LogP contribution < -0.4 is 0 Å². The molecule has 86 valence electrons. The zero-order valence-electron chi connectivity index (χ0n) is 11.4. The van der Waals surface area contributed by atoms with Gasteiger partial charge in [-0.2, -0.15) is 0 Å². The van der Waals surface area contributed by atoms with Crippen LogP contribution in [-0.4, -0.2) is 0 Å². The highest BCUT2D eigenvalue weighted by Crippen LogP contribution is 2.17. The monoisotopic (exact) mass is 206 g/mol. The molecule has 0 aliphatic heterocycles. The van der Waals surface area contributed by atoms with Crippen LogP contribution in [0.1, 0.15) is 48.5 Å². The first kappa shape index (κ1) is 14.2. The topological polar surface area (TPSA) is 0 Å². The van der Waals surface area contributed by atoms with E-state index in [9.17, 15) is 0 Å². The van der Waals surface area contributed by atoms with Gasteiger partial charge in [0, 0.05) is 0 Å². The second-order valence-electron chi connectivity index (χ2n) is 6.34. The fourth-order valence-electron chi connectivity index (χ4n) is 0.926. The van der Waals surface area contributed by atoms with E-state index in [1.165, 1.54) is 5.57 Å². The van der Waals surface area contributed by atoms with Crippen LogP contribution in [0.3, 0.4) is 0 Å². The molecule has 0 fully saturated rings. The van der Waals surface area contributed by atoms with Crippen LogP contribution in [0, 0.1) is 10.8 Å². The molecule has 0 radical (unpaired) electrons. The van der Waals surface area contributed by atoms with Crippen molar-refractivity contribution in [2.45, 2.75) is 48.5 Å². The quantitative estimate of drug-likeness (QED) is 0.549. The molecule has 0 aromatic rings.